The second-order valence-corrected chi connectivity index (χ2v) is 6.85. The Kier molecular flexibility index (Phi) is 5.61. The van der Waals surface area contributed by atoms with Crippen LogP contribution in [0.5, 0.6) is 5.75 Å². The molecule has 1 unspecified atom stereocenters. The topological polar surface area (TPSA) is 55.6 Å². The van der Waals surface area contributed by atoms with Crippen molar-refractivity contribution in [3.8, 4) is 5.75 Å². The van der Waals surface area contributed by atoms with E-state index in [1.54, 1.807) is 19.1 Å². The number of benzene rings is 2. The van der Waals surface area contributed by atoms with Gasteiger partial charge in [0.15, 0.2) is 6.10 Å². The summed E-state index contributed by atoms with van der Waals surface area (Å²) in [5.74, 6) is 1.03. The number of carbonyl (C=O) groups excluding carboxylic acids is 1. The van der Waals surface area contributed by atoms with Gasteiger partial charge >= 0.3 is 0 Å². The van der Waals surface area contributed by atoms with Crippen LogP contribution in [-0.4, -0.2) is 36.5 Å². The molecule has 1 heterocycles. The standard InChI is InChI=1S/C20H23ClN2O2/c1-14(25-19-10-6-5-9-18(19)21)20(24)23-12-16(11-22)17(13-23)15-7-3-2-4-8-15/h2-10,14,16-17H,11-13,22H2,1H3/t14?,16-,17+/m1/s1. The van der Waals surface area contributed by atoms with E-state index in [9.17, 15) is 4.79 Å². The van der Waals surface area contributed by atoms with Crippen molar-refractivity contribution in [1.82, 2.24) is 4.90 Å². The highest BCUT2D eigenvalue weighted by Gasteiger charge is 2.37. The molecule has 1 amide bonds. The van der Waals surface area contributed by atoms with Crippen LogP contribution in [-0.2, 0) is 4.79 Å². The summed E-state index contributed by atoms with van der Waals surface area (Å²) in [6, 6.07) is 17.4. The summed E-state index contributed by atoms with van der Waals surface area (Å²) in [5, 5.41) is 0.505. The molecule has 1 fully saturated rings. The largest absolute Gasteiger partial charge is 0.479 e. The van der Waals surface area contributed by atoms with E-state index >= 15 is 0 Å². The lowest BCUT2D eigenvalue weighted by molar-refractivity contribution is -0.137. The number of carbonyl (C=O) groups is 1. The lowest BCUT2D eigenvalue weighted by Gasteiger charge is -2.22. The molecule has 3 rings (SSSR count). The zero-order valence-electron chi connectivity index (χ0n) is 14.3. The molecule has 0 aromatic heterocycles. The van der Waals surface area contributed by atoms with E-state index in [0.717, 1.165) is 0 Å². The van der Waals surface area contributed by atoms with Gasteiger partial charge in [0.25, 0.3) is 5.91 Å². The summed E-state index contributed by atoms with van der Waals surface area (Å²) in [7, 11) is 0. The Labute approximate surface area is 153 Å². The van der Waals surface area contributed by atoms with Gasteiger partial charge in [0.2, 0.25) is 0 Å². The molecule has 25 heavy (non-hydrogen) atoms. The molecule has 1 aliphatic rings. The van der Waals surface area contributed by atoms with Crippen molar-refractivity contribution in [2.24, 2.45) is 11.7 Å². The van der Waals surface area contributed by atoms with E-state index in [1.807, 2.05) is 35.2 Å². The van der Waals surface area contributed by atoms with E-state index in [2.05, 4.69) is 12.1 Å². The lowest BCUT2D eigenvalue weighted by Crippen LogP contribution is -2.39. The highest BCUT2D eigenvalue weighted by Crippen LogP contribution is 2.33. The highest BCUT2D eigenvalue weighted by atomic mass is 35.5. The fourth-order valence-corrected chi connectivity index (χ4v) is 3.59. The number of likely N-dealkylation sites (tertiary alicyclic amines) is 1. The van der Waals surface area contributed by atoms with Crippen molar-refractivity contribution >= 4 is 17.5 Å². The number of ether oxygens (including phenoxy) is 1. The number of hydrogen-bond donors (Lipinski definition) is 1. The fourth-order valence-electron chi connectivity index (χ4n) is 3.41. The summed E-state index contributed by atoms with van der Waals surface area (Å²) >= 11 is 6.12. The zero-order valence-corrected chi connectivity index (χ0v) is 15.0. The van der Waals surface area contributed by atoms with Crippen molar-refractivity contribution in [2.45, 2.75) is 18.9 Å². The molecule has 1 aliphatic heterocycles. The lowest BCUT2D eigenvalue weighted by atomic mass is 9.89. The minimum atomic E-state index is -0.590. The van der Waals surface area contributed by atoms with Gasteiger partial charge in [0.1, 0.15) is 5.75 Å². The van der Waals surface area contributed by atoms with Crippen LogP contribution in [0.3, 0.4) is 0 Å². The third-order valence-electron chi connectivity index (χ3n) is 4.77. The first-order valence-corrected chi connectivity index (χ1v) is 8.93. The van der Waals surface area contributed by atoms with Gasteiger partial charge in [0, 0.05) is 19.0 Å². The van der Waals surface area contributed by atoms with Crippen LogP contribution < -0.4 is 10.5 Å². The predicted molar refractivity (Wildman–Crippen MR) is 99.8 cm³/mol. The summed E-state index contributed by atoms with van der Waals surface area (Å²) in [6.45, 7) is 3.65. The van der Waals surface area contributed by atoms with Gasteiger partial charge in [-0.3, -0.25) is 4.79 Å². The Morgan fingerprint density at radius 1 is 1.20 bits per heavy atom. The second-order valence-electron chi connectivity index (χ2n) is 6.45. The summed E-state index contributed by atoms with van der Waals surface area (Å²) in [6.07, 6.45) is -0.590. The van der Waals surface area contributed by atoms with Crippen LogP contribution in [0.4, 0.5) is 0 Å². The first-order chi connectivity index (χ1) is 12.1. The Morgan fingerprint density at radius 2 is 1.88 bits per heavy atom. The highest BCUT2D eigenvalue weighted by molar-refractivity contribution is 6.32. The summed E-state index contributed by atoms with van der Waals surface area (Å²) in [4.78, 5) is 14.7. The smallest absolute Gasteiger partial charge is 0.263 e. The van der Waals surface area contributed by atoms with Crippen molar-refractivity contribution < 1.29 is 9.53 Å². The maximum atomic E-state index is 12.8. The van der Waals surface area contributed by atoms with Crippen molar-refractivity contribution in [3.63, 3.8) is 0 Å². The Hall–Kier alpha value is -2.04. The number of nitrogens with two attached hydrogens (primary N) is 1. The van der Waals surface area contributed by atoms with Gasteiger partial charge < -0.3 is 15.4 Å². The van der Waals surface area contributed by atoms with Crippen LogP contribution in [0.15, 0.2) is 54.6 Å². The van der Waals surface area contributed by atoms with Crippen LogP contribution >= 0.6 is 11.6 Å². The molecule has 2 aromatic rings. The van der Waals surface area contributed by atoms with E-state index in [4.69, 9.17) is 22.1 Å². The monoisotopic (exact) mass is 358 g/mol. The summed E-state index contributed by atoms with van der Waals surface area (Å²) < 4.78 is 5.77. The van der Waals surface area contributed by atoms with Gasteiger partial charge in [-0.15, -0.1) is 0 Å². The second kappa shape index (κ2) is 7.89. The first kappa shape index (κ1) is 17.8. The molecule has 0 aliphatic carbocycles. The SMILES string of the molecule is CC(Oc1ccccc1Cl)C(=O)N1C[C@@H](CN)[C@H](c2ccccc2)C1. The summed E-state index contributed by atoms with van der Waals surface area (Å²) in [5.41, 5.74) is 7.19. The van der Waals surface area contributed by atoms with Crippen molar-refractivity contribution in [1.29, 1.82) is 0 Å². The maximum Gasteiger partial charge on any atom is 0.263 e. The molecule has 3 atom stereocenters. The molecule has 2 N–H and O–H groups in total. The maximum absolute atomic E-state index is 12.8. The van der Waals surface area contributed by atoms with Crippen LogP contribution in [0.2, 0.25) is 5.02 Å². The molecular formula is C20H23ClN2O2. The average molecular weight is 359 g/mol. The van der Waals surface area contributed by atoms with Gasteiger partial charge in [-0.1, -0.05) is 54.1 Å². The Balaban J connectivity index is 1.69. The van der Waals surface area contributed by atoms with Gasteiger partial charge in [-0.05, 0) is 37.1 Å². The quantitative estimate of drug-likeness (QED) is 0.892. The minimum Gasteiger partial charge on any atom is -0.479 e. The third-order valence-corrected chi connectivity index (χ3v) is 5.08. The third kappa shape index (κ3) is 3.97. The number of nitrogens with zero attached hydrogens (tertiary/aromatic N) is 1. The van der Waals surface area contributed by atoms with Gasteiger partial charge in [0.05, 0.1) is 5.02 Å². The molecule has 0 radical (unpaired) electrons. The van der Waals surface area contributed by atoms with E-state index in [0.29, 0.717) is 30.4 Å². The van der Waals surface area contributed by atoms with Gasteiger partial charge in [-0.25, -0.2) is 0 Å². The molecule has 0 saturated carbocycles. The van der Waals surface area contributed by atoms with Crippen LogP contribution in [0.25, 0.3) is 0 Å². The zero-order chi connectivity index (χ0) is 17.8. The molecule has 132 valence electrons. The molecule has 0 spiro atoms. The number of halogens is 1. The van der Waals surface area contributed by atoms with Crippen LogP contribution in [0.1, 0.15) is 18.4 Å². The normalized spacial score (nSPS) is 21.2. The number of rotatable bonds is 5. The molecule has 0 bridgehead atoms. The van der Waals surface area contributed by atoms with Crippen molar-refractivity contribution in [3.05, 3.63) is 65.2 Å². The molecule has 2 aromatic carbocycles. The predicted octanol–water partition coefficient (Wildman–Crippen LogP) is 3.31. The molecule has 5 heteroatoms. The Morgan fingerprint density at radius 3 is 2.56 bits per heavy atom. The Bertz CT molecular complexity index is 723. The fraction of sp³-hybridized carbons (Fsp3) is 0.350. The molecule has 1 saturated heterocycles. The van der Waals surface area contributed by atoms with E-state index in [-0.39, 0.29) is 17.7 Å². The number of amides is 1. The number of para-hydroxylation sites is 1. The number of hydrogen-bond acceptors (Lipinski definition) is 3. The molecular weight excluding hydrogens is 336 g/mol. The van der Waals surface area contributed by atoms with E-state index in [1.165, 1.54) is 5.56 Å². The molecule has 4 nitrogen and oxygen atoms in total. The van der Waals surface area contributed by atoms with Crippen molar-refractivity contribution in [2.75, 3.05) is 19.6 Å². The van der Waals surface area contributed by atoms with E-state index < -0.39 is 6.10 Å². The van der Waals surface area contributed by atoms with Gasteiger partial charge in [-0.2, -0.15) is 0 Å². The first-order valence-electron chi connectivity index (χ1n) is 8.55. The minimum absolute atomic E-state index is 0.0307. The van der Waals surface area contributed by atoms with Crippen LogP contribution in [0, 0.1) is 5.92 Å². The average Bonchev–Trinajstić information content (AvgIpc) is 3.08.